The van der Waals surface area contributed by atoms with E-state index in [-0.39, 0.29) is 12.0 Å². The van der Waals surface area contributed by atoms with Crippen LogP contribution < -0.4 is 10.1 Å². The van der Waals surface area contributed by atoms with E-state index in [0.29, 0.717) is 28.9 Å². The van der Waals surface area contributed by atoms with Gasteiger partial charge in [-0.25, -0.2) is 4.98 Å². The van der Waals surface area contributed by atoms with Gasteiger partial charge in [-0.15, -0.1) is 11.3 Å². The first kappa shape index (κ1) is 18.2. The zero-order chi connectivity index (χ0) is 17.6. The van der Waals surface area contributed by atoms with Gasteiger partial charge < -0.3 is 14.8 Å². The van der Waals surface area contributed by atoms with Crippen molar-refractivity contribution in [3.05, 3.63) is 34.3 Å². The molecule has 1 atom stereocenters. The van der Waals surface area contributed by atoms with Crippen molar-refractivity contribution in [3.63, 3.8) is 0 Å². The Morgan fingerprint density at radius 3 is 3.12 bits per heavy atom. The van der Waals surface area contributed by atoms with Gasteiger partial charge in [0.15, 0.2) is 0 Å². The van der Waals surface area contributed by atoms with Crippen LogP contribution in [0.3, 0.4) is 0 Å². The van der Waals surface area contributed by atoms with E-state index < -0.39 is 0 Å². The van der Waals surface area contributed by atoms with Crippen molar-refractivity contribution in [3.8, 4) is 16.3 Å². The maximum atomic E-state index is 12.2. The zero-order valence-corrected chi connectivity index (χ0v) is 15.7. The standard InChI is InChI=1S/C18H21ClN2O3S/c1-2-7-23-12-5-6-14(15(19)9-12)18-21-16(11-25-18)17(22)20-10-13-4-3-8-24-13/h5-6,9,11,13H,2-4,7-8,10H2,1H3,(H,20,22)/t13-/m0/s1. The molecule has 1 aliphatic heterocycles. The van der Waals surface area contributed by atoms with Crippen LogP contribution in [0.4, 0.5) is 0 Å². The topological polar surface area (TPSA) is 60.5 Å². The average Bonchev–Trinajstić information content (AvgIpc) is 3.29. The molecule has 0 radical (unpaired) electrons. The summed E-state index contributed by atoms with van der Waals surface area (Å²) in [5, 5.41) is 5.91. The quantitative estimate of drug-likeness (QED) is 0.783. The van der Waals surface area contributed by atoms with Gasteiger partial charge >= 0.3 is 0 Å². The van der Waals surface area contributed by atoms with E-state index in [2.05, 4.69) is 17.2 Å². The third-order valence-electron chi connectivity index (χ3n) is 3.89. The van der Waals surface area contributed by atoms with Crippen LogP contribution in [-0.2, 0) is 4.74 Å². The van der Waals surface area contributed by atoms with Gasteiger partial charge in [-0.1, -0.05) is 18.5 Å². The van der Waals surface area contributed by atoms with Crippen LogP contribution in [0.2, 0.25) is 5.02 Å². The average molecular weight is 381 g/mol. The molecular weight excluding hydrogens is 360 g/mol. The van der Waals surface area contributed by atoms with Crippen LogP contribution in [-0.4, -0.2) is 36.8 Å². The number of carbonyl (C=O) groups is 1. The largest absolute Gasteiger partial charge is 0.494 e. The molecule has 0 bridgehead atoms. The predicted octanol–water partition coefficient (Wildman–Crippen LogP) is 4.16. The number of hydrogen-bond donors (Lipinski definition) is 1. The number of aromatic nitrogens is 1. The minimum atomic E-state index is -0.183. The minimum absolute atomic E-state index is 0.118. The van der Waals surface area contributed by atoms with Crippen LogP contribution in [0.1, 0.15) is 36.7 Å². The lowest BCUT2D eigenvalue weighted by Crippen LogP contribution is -2.31. The highest BCUT2D eigenvalue weighted by Gasteiger charge is 2.18. The highest BCUT2D eigenvalue weighted by Crippen LogP contribution is 2.33. The second-order valence-corrected chi connectivity index (χ2v) is 7.14. The van der Waals surface area contributed by atoms with Crippen LogP contribution >= 0.6 is 22.9 Å². The molecule has 1 amide bonds. The van der Waals surface area contributed by atoms with Gasteiger partial charge in [-0.2, -0.15) is 0 Å². The highest BCUT2D eigenvalue weighted by atomic mass is 35.5. The summed E-state index contributed by atoms with van der Waals surface area (Å²) in [5.41, 5.74) is 1.20. The molecule has 1 fully saturated rings. The molecule has 1 saturated heterocycles. The molecule has 0 spiro atoms. The molecule has 5 nitrogen and oxygen atoms in total. The fourth-order valence-corrected chi connectivity index (χ4v) is 3.74. The second-order valence-electron chi connectivity index (χ2n) is 5.87. The van der Waals surface area contributed by atoms with E-state index in [1.165, 1.54) is 11.3 Å². The molecule has 7 heteroatoms. The normalized spacial score (nSPS) is 16.8. The van der Waals surface area contributed by atoms with Crippen molar-refractivity contribution in [1.82, 2.24) is 10.3 Å². The van der Waals surface area contributed by atoms with E-state index in [1.54, 1.807) is 11.4 Å². The molecule has 134 valence electrons. The maximum absolute atomic E-state index is 12.2. The van der Waals surface area contributed by atoms with Gasteiger partial charge in [0, 0.05) is 24.1 Å². The van der Waals surface area contributed by atoms with E-state index in [0.717, 1.165) is 37.2 Å². The number of carbonyl (C=O) groups excluding carboxylic acids is 1. The second kappa shape index (κ2) is 8.65. The highest BCUT2D eigenvalue weighted by molar-refractivity contribution is 7.13. The van der Waals surface area contributed by atoms with Crippen molar-refractivity contribution in [1.29, 1.82) is 0 Å². The van der Waals surface area contributed by atoms with Crippen molar-refractivity contribution in [2.45, 2.75) is 32.3 Å². The molecule has 2 aromatic rings. The molecule has 25 heavy (non-hydrogen) atoms. The first-order valence-corrected chi connectivity index (χ1v) is 9.71. The van der Waals surface area contributed by atoms with Gasteiger partial charge in [0.25, 0.3) is 5.91 Å². The molecule has 2 heterocycles. The Balaban J connectivity index is 1.65. The first-order valence-electron chi connectivity index (χ1n) is 8.45. The molecule has 3 rings (SSSR count). The number of nitrogens with zero attached hydrogens (tertiary/aromatic N) is 1. The molecule has 1 aliphatic rings. The van der Waals surface area contributed by atoms with Gasteiger partial charge in [0.2, 0.25) is 0 Å². The molecular formula is C18H21ClN2O3S. The van der Waals surface area contributed by atoms with Crippen LogP contribution in [0.15, 0.2) is 23.6 Å². The number of nitrogens with one attached hydrogen (secondary N) is 1. The summed E-state index contributed by atoms with van der Waals surface area (Å²) in [6, 6.07) is 5.53. The smallest absolute Gasteiger partial charge is 0.270 e. The predicted molar refractivity (Wildman–Crippen MR) is 99.7 cm³/mol. The van der Waals surface area contributed by atoms with Gasteiger partial charge in [-0.3, -0.25) is 4.79 Å². The van der Waals surface area contributed by atoms with Crippen LogP contribution in [0.25, 0.3) is 10.6 Å². The Morgan fingerprint density at radius 2 is 2.40 bits per heavy atom. The van der Waals surface area contributed by atoms with Crippen molar-refractivity contribution >= 4 is 28.8 Å². The number of ether oxygens (including phenoxy) is 2. The third-order valence-corrected chi connectivity index (χ3v) is 5.08. The van der Waals surface area contributed by atoms with Crippen LogP contribution in [0.5, 0.6) is 5.75 Å². The number of hydrogen-bond acceptors (Lipinski definition) is 5. The lowest BCUT2D eigenvalue weighted by molar-refractivity contribution is 0.0854. The monoisotopic (exact) mass is 380 g/mol. The van der Waals surface area contributed by atoms with Crippen molar-refractivity contribution in [2.24, 2.45) is 0 Å². The van der Waals surface area contributed by atoms with Gasteiger partial charge in [-0.05, 0) is 37.5 Å². The molecule has 0 aliphatic carbocycles. The lowest BCUT2D eigenvalue weighted by atomic mass is 10.2. The fourth-order valence-electron chi connectivity index (χ4n) is 2.58. The van der Waals surface area contributed by atoms with Crippen LogP contribution in [0, 0.1) is 0 Å². The molecule has 0 unspecified atom stereocenters. The third kappa shape index (κ3) is 4.71. The summed E-state index contributed by atoms with van der Waals surface area (Å²) in [6.45, 7) is 4.01. The SMILES string of the molecule is CCCOc1ccc(-c2nc(C(=O)NC[C@@H]3CCCO3)cs2)c(Cl)c1. The zero-order valence-electron chi connectivity index (χ0n) is 14.1. The Kier molecular flexibility index (Phi) is 6.29. The molecule has 1 aromatic heterocycles. The first-order chi connectivity index (χ1) is 12.2. The van der Waals surface area contributed by atoms with Crippen molar-refractivity contribution in [2.75, 3.05) is 19.8 Å². The lowest BCUT2D eigenvalue weighted by Gasteiger charge is -2.09. The van der Waals surface area contributed by atoms with Gasteiger partial charge in [0.05, 0.1) is 17.7 Å². The molecule has 1 aromatic carbocycles. The van der Waals surface area contributed by atoms with E-state index in [4.69, 9.17) is 21.1 Å². The summed E-state index contributed by atoms with van der Waals surface area (Å²) in [6.07, 6.45) is 3.10. The summed E-state index contributed by atoms with van der Waals surface area (Å²) in [7, 11) is 0. The Hall–Kier alpha value is -1.63. The summed E-state index contributed by atoms with van der Waals surface area (Å²) >= 11 is 7.75. The summed E-state index contributed by atoms with van der Waals surface area (Å²) in [4.78, 5) is 16.6. The summed E-state index contributed by atoms with van der Waals surface area (Å²) in [5.74, 6) is 0.554. The Bertz CT molecular complexity index is 729. The maximum Gasteiger partial charge on any atom is 0.270 e. The van der Waals surface area contributed by atoms with E-state index in [1.807, 2.05) is 12.1 Å². The summed E-state index contributed by atoms with van der Waals surface area (Å²) < 4.78 is 11.1. The molecule has 0 saturated carbocycles. The van der Waals surface area contributed by atoms with Gasteiger partial charge in [0.1, 0.15) is 16.5 Å². The number of rotatable bonds is 7. The Morgan fingerprint density at radius 1 is 1.52 bits per heavy atom. The molecule has 1 N–H and O–H groups in total. The number of amides is 1. The van der Waals surface area contributed by atoms with E-state index in [9.17, 15) is 4.79 Å². The number of thiazole rings is 1. The Labute approximate surface area is 156 Å². The fraction of sp³-hybridized carbons (Fsp3) is 0.444. The van der Waals surface area contributed by atoms with E-state index >= 15 is 0 Å². The minimum Gasteiger partial charge on any atom is -0.494 e. The van der Waals surface area contributed by atoms with Crippen molar-refractivity contribution < 1.29 is 14.3 Å². The number of halogens is 1. The number of benzene rings is 1.